The molecule has 2 aliphatic rings. The van der Waals surface area contributed by atoms with Crippen molar-refractivity contribution in [3.63, 3.8) is 0 Å². The summed E-state index contributed by atoms with van der Waals surface area (Å²) in [5.74, 6) is 2.54. The van der Waals surface area contributed by atoms with Gasteiger partial charge in [0, 0.05) is 12.7 Å². The molecule has 0 spiro atoms. The molecule has 0 aromatic carbocycles. The van der Waals surface area contributed by atoms with E-state index in [1.54, 1.807) is 0 Å². The van der Waals surface area contributed by atoms with Crippen molar-refractivity contribution in [1.82, 2.24) is 15.1 Å². The van der Waals surface area contributed by atoms with Gasteiger partial charge in [0.15, 0.2) is 0 Å². The van der Waals surface area contributed by atoms with Gasteiger partial charge in [-0.05, 0) is 49.8 Å². The van der Waals surface area contributed by atoms with E-state index in [2.05, 4.69) is 34.4 Å². The third-order valence-electron chi connectivity index (χ3n) is 4.94. The van der Waals surface area contributed by atoms with Crippen LogP contribution in [0.5, 0.6) is 0 Å². The summed E-state index contributed by atoms with van der Waals surface area (Å²) < 4.78 is 2.07. The normalized spacial score (nSPS) is 29.8. The SMILES string of the molecule is CCn1cc(C2CCNCC2C2CCCC2)cn1. The zero-order valence-corrected chi connectivity index (χ0v) is 11.4. The summed E-state index contributed by atoms with van der Waals surface area (Å²) in [7, 11) is 0. The molecule has 1 saturated carbocycles. The van der Waals surface area contributed by atoms with E-state index in [1.807, 2.05) is 0 Å². The summed E-state index contributed by atoms with van der Waals surface area (Å²) in [5.41, 5.74) is 1.48. The van der Waals surface area contributed by atoms with Crippen LogP contribution >= 0.6 is 0 Å². The maximum Gasteiger partial charge on any atom is 0.0524 e. The second-order valence-electron chi connectivity index (χ2n) is 5.94. The highest BCUT2D eigenvalue weighted by molar-refractivity contribution is 5.15. The molecule has 1 aromatic rings. The minimum Gasteiger partial charge on any atom is -0.316 e. The summed E-state index contributed by atoms with van der Waals surface area (Å²) in [5, 5.41) is 8.07. The smallest absolute Gasteiger partial charge is 0.0524 e. The van der Waals surface area contributed by atoms with E-state index in [9.17, 15) is 0 Å². The molecule has 3 nitrogen and oxygen atoms in total. The second-order valence-corrected chi connectivity index (χ2v) is 5.94. The number of aryl methyl sites for hydroxylation is 1. The van der Waals surface area contributed by atoms with Crippen molar-refractivity contribution in [2.24, 2.45) is 11.8 Å². The van der Waals surface area contributed by atoms with Gasteiger partial charge in [-0.25, -0.2) is 0 Å². The third-order valence-corrected chi connectivity index (χ3v) is 4.94. The molecule has 2 unspecified atom stereocenters. The fourth-order valence-corrected chi connectivity index (χ4v) is 3.92. The first-order valence-corrected chi connectivity index (χ1v) is 7.61. The maximum absolute atomic E-state index is 4.47. The summed E-state index contributed by atoms with van der Waals surface area (Å²) in [6, 6.07) is 0. The van der Waals surface area contributed by atoms with E-state index >= 15 is 0 Å². The Morgan fingerprint density at radius 1 is 1.33 bits per heavy atom. The maximum atomic E-state index is 4.47. The highest BCUT2D eigenvalue weighted by Gasteiger charge is 2.34. The minimum absolute atomic E-state index is 0.745. The lowest BCUT2D eigenvalue weighted by Gasteiger charge is -2.35. The Morgan fingerprint density at radius 2 is 2.17 bits per heavy atom. The van der Waals surface area contributed by atoms with Gasteiger partial charge in [-0.1, -0.05) is 25.7 Å². The van der Waals surface area contributed by atoms with Crippen molar-refractivity contribution in [2.75, 3.05) is 13.1 Å². The lowest BCUT2D eigenvalue weighted by atomic mass is 9.74. The molecule has 2 fully saturated rings. The number of hydrogen-bond acceptors (Lipinski definition) is 2. The highest BCUT2D eigenvalue weighted by Crippen LogP contribution is 2.41. The van der Waals surface area contributed by atoms with Crippen molar-refractivity contribution >= 4 is 0 Å². The van der Waals surface area contributed by atoms with Crippen LogP contribution in [0.15, 0.2) is 12.4 Å². The van der Waals surface area contributed by atoms with Gasteiger partial charge in [0.1, 0.15) is 0 Å². The predicted octanol–water partition coefficient (Wildman–Crippen LogP) is 2.79. The first-order valence-electron chi connectivity index (χ1n) is 7.61. The largest absolute Gasteiger partial charge is 0.316 e. The van der Waals surface area contributed by atoms with Gasteiger partial charge in [0.25, 0.3) is 0 Å². The van der Waals surface area contributed by atoms with Gasteiger partial charge in [-0.3, -0.25) is 4.68 Å². The highest BCUT2D eigenvalue weighted by atomic mass is 15.3. The third kappa shape index (κ3) is 2.33. The molecular formula is C15H25N3. The summed E-state index contributed by atoms with van der Waals surface area (Å²) in [6.45, 7) is 5.53. The topological polar surface area (TPSA) is 29.9 Å². The Kier molecular flexibility index (Phi) is 3.69. The number of piperidine rings is 1. The van der Waals surface area contributed by atoms with Gasteiger partial charge in [-0.15, -0.1) is 0 Å². The van der Waals surface area contributed by atoms with Crippen molar-refractivity contribution in [3.8, 4) is 0 Å². The van der Waals surface area contributed by atoms with Crippen LogP contribution in [0.25, 0.3) is 0 Å². The van der Waals surface area contributed by atoms with E-state index in [0.29, 0.717) is 0 Å². The average Bonchev–Trinajstić information content (AvgIpc) is 3.10. The summed E-state index contributed by atoms with van der Waals surface area (Å²) in [4.78, 5) is 0. The molecule has 0 amide bonds. The Bertz CT molecular complexity index is 379. The van der Waals surface area contributed by atoms with E-state index in [0.717, 1.165) is 24.3 Å². The monoisotopic (exact) mass is 247 g/mol. The second kappa shape index (κ2) is 5.43. The Hall–Kier alpha value is -0.830. The van der Waals surface area contributed by atoms with E-state index in [4.69, 9.17) is 0 Å². The standard InChI is InChI=1S/C15H25N3/c1-2-18-11-13(9-17-18)14-7-8-16-10-15(14)12-5-3-4-6-12/h9,11-12,14-16H,2-8,10H2,1H3. The zero-order valence-electron chi connectivity index (χ0n) is 11.4. The van der Waals surface area contributed by atoms with Crippen molar-refractivity contribution in [3.05, 3.63) is 18.0 Å². The van der Waals surface area contributed by atoms with Gasteiger partial charge in [0.2, 0.25) is 0 Å². The first kappa shape index (κ1) is 12.2. The fourth-order valence-electron chi connectivity index (χ4n) is 3.92. The van der Waals surface area contributed by atoms with Crippen LogP contribution in [-0.2, 0) is 6.54 Å². The molecule has 100 valence electrons. The number of hydrogen-bond donors (Lipinski definition) is 1. The van der Waals surface area contributed by atoms with Crippen LogP contribution in [0.1, 0.15) is 50.5 Å². The molecule has 1 N–H and O–H groups in total. The first-order chi connectivity index (χ1) is 8.88. The fraction of sp³-hybridized carbons (Fsp3) is 0.800. The van der Waals surface area contributed by atoms with E-state index in [1.165, 1.54) is 50.8 Å². The molecule has 1 aromatic heterocycles. The van der Waals surface area contributed by atoms with E-state index in [-0.39, 0.29) is 0 Å². The van der Waals surface area contributed by atoms with E-state index < -0.39 is 0 Å². The Balaban J connectivity index is 1.78. The molecule has 18 heavy (non-hydrogen) atoms. The van der Waals surface area contributed by atoms with Crippen molar-refractivity contribution in [1.29, 1.82) is 0 Å². The molecule has 1 aliphatic heterocycles. The molecule has 2 heterocycles. The van der Waals surface area contributed by atoms with Crippen molar-refractivity contribution < 1.29 is 0 Å². The molecule has 1 aliphatic carbocycles. The van der Waals surface area contributed by atoms with Crippen LogP contribution in [0.2, 0.25) is 0 Å². The molecule has 0 radical (unpaired) electrons. The predicted molar refractivity (Wildman–Crippen MR) is 73.6 cm³/mol. The number of nitrogens with zero attached hydrogens (tertiary/aromatic N) is 2. The Labute approximate surface area is 110 Å². The van der Waals surface area contributed by atoms with Gasteiger partial charge >= 0.3 is 0 Å². The lowest BCUT2D eigenvalue weighted by molar-refractivity contribution is 0.231. The van der Waals surface area contributed by atoms with Gasteiger partial charge in [0.05, 0.1) is 6.20 Å². The van der Waals surface area contributed by atoms with Gasteiger partial charge < -0.3 is 5.32 Å². The van der Waals surface area contributed by atoms with Crippen LogP contribution in [0, 0.1) is 11.8 Å². The lowest BCUT2D eigenvalue weighted by Crippen LogP contribution is -2.38. The molecule has 0 bridgehead atoms. The molecule has 1 saturated heterocycles. The van der Waals surface area contributed by atoms with Crippen LogP contribution < -0.4 is 5.32 Å². The molecule has 2 atom stereocenters. The summed E-state index contributed by atoms with van der Waals surface area (Å²) >= 11 is 0. The van der Waals surface area contributed by atoms with Crippen molar-refractivity contribution in [2.45, 2.75) is 51.5 Å². The molecule has 3 heteroatoms. The minimum atomic E-state index is 0.745. The number of nitrogens with one attached hydrogen (secondary N) is 1. The average molecular weight is 247 g/mol. The summed E-state index contributed by atoms with van der Waals surface area (Å²) in [6.07, 6.45) is 11.5. The molecular weight excluding hydrogens is 222 g/mol. The van der Waals surface area contributed by atoms with Gasteiger partial charge in [-0.2, -0.15) is 5.10 Å². The number of aromatic nitrogens is 2. The quantitative estimate of drug-likeness (QED) is 0.890. The Morgan fingerprint density at radius 3 is 2.89 bits per heavy atom. The van der Waals surface area contributed by atoms with Crippen LogP contribution in [-0.4, -0.2) is 22.9 Å². The van der Waals surface area contributed by atoms with Crippen LogP contribution in [0.4, 0.5) is 0 Å². The number of rotatable bonds is 3. The molecule has 3 rings (SSSR count). The zero-order chi connectivity index (χ0) is 12.4. The van der Waals surface area contributed by atoms with Crippen LogP contribution in [0.3, 0.4) is 0 Å².